The van der Waals surface area contributed by atoms with Crippen molar-refractivity contribution < 1.29 is 8.42 Å². The minimum atomic E-state index is -3.25. The van der Waals surface area contributed by atoms with E-state index in [1.165, 1.54) is 11.3 Å². The number of sulfonamides is 1. The van der Waals surface area contributed by atoms with E-state index >= 15 is 0 Å². The highest BCUT2D eigenvalue weighted by atomic mass is 79.9. The van der Waals surface area contributed by atoms with Crippen LogP contribution in [0.2, 0.25) is 0 Å². The van der Waals surface area contributed by atoms with E-state index < -0.39 is 10.0 Å². The van der Waals surface area contributed by atoms with Crippen LogP contribution in [0.25, 0.3) is 0 Å². The highest BCUT2D eigenvalue weighted by molar-refractivity contribution is 9.10. The van der Waals surface area contributed by atoms with Crippen molar-refractivity contribution in [3.8, 4) is 0 Å². The Morgan fingerprint density at radius 1 is 1.60 bits per heavy atom. The van der Waals surface area contributed by atoms with Crippen LogP contribution in [0.5, 0.6) is 0 Å². The normalized spacial score (nSPS) is 23.5. The lowest BCUT2D eigenvalue weighted by molar-refractivity contribution is 0.409. The van der Waals surface area contributed by atoms with Crippen molar-refractivity contribution in [3.63, 3.8) is 0 Å². The molecule has 0 aliphatic carbocycles. The molecule has 0 amide bonds. The second-order valence-corrected chi connectivity index (χ2v) is 7.64. The average molecular weight is 310 g/mol. The lowest BCUT2D eigenvalue weighted by atomic mass is 10.3. The number of nitrogens with zero attached hydrogens (tertiary/aromatic N) is 1. The number of thiophene rings is 1. The zero-order chi connectivity index (χ0) is 11.1. The summed E-state index contributed by atoms with van der Waals surface area (Å²) in [6.07, 6.45) is 1.93. The zero-order valence-electron chi connectivity index (χ0n) is 8.31. The summed E-state index contributed by atoms with van der Waals surface area (Å²) in [5.74, 6) is 0. The molecule has 0 bridgehead atoms. The fraction of sp³-hybridized carbons (Fsp3) is 0.556. The molecule has 1 atom stereocenters. The Bertz CT molecular complexity index is 454. The Balaban J connectivity index is 2.34. The molecule has 0 saturated carbocycles. The molecule has 0 radical (unpaired) electrons. The molecule has 0 N–H and O–H groups in total. The maximum Gasteiger partial charge on any atom is 0.252 e. The quantitative estimate of drug-likeness (QED) is 0.842. The van der Waals surface area contributed by atoms with Crippen LogP contribution in [0, 0.1) is 0 Å². The van der Waals surface area contributed by atoms with Crippen molar-refractivity contribution in [2.45, 2.75) is 30.0 Å². The standard InChI is InChI=1S/C9H12BrNO2S2/c1-7-3-2-4-11(7)15(12,13)9-5-8(10)6-14-9/h5-7H,2-4H2,1H3. The van der Waals surface area contributed by atoms with Gasteiger partial charge in [-0.2, -0.15) is 4.31 Å². The molecule has 6 heteroatoms. The molecule has 84 valence electrons. The molecule has 2 heterocycles. The van der Waals surface area contributed by atoms with Crippen LogP contribution in [0.3, 0.4) is 0 Å². The zero-order valence-corrected chi connectivity index (χ0v) is 11.5. The van der Waals surface area contributed by atoms with E-state index in [-0.39, 0.29) is 6.04 Å². The monoisotopic (exact) mass is 309 g/mol. The van der Waals surface area contributed by atoms with Gasteiger partial charge in [0.25, 0.3) is 10.0 Å². The molecule has 3 nitrogen and oxygen atoms in total. The van der Waals surface area contributed by atoms with E-state index in [0.29, 0.717) is 10.8 Å². The third-order valence-electron chi connectivity index (χ3n) is 2.60. The molecule has 0 spiro atoms. The summed E-state index contributed by atoms with van der Waals surface area (Å²) in [5.41, 5.74) is 0. The molecule has 1 aliphatic heterocycles. The van der Waals surface area contributed by atoms with Gasteiger partial charge in [-0.25, -0.2) is 8.42 Å². The predicted octanol–water partition coefficient (Wildman–Crippen LogP) is 2.68. The molecule has 2 rings (SSSR count). The Labute approximate surface area is 102 Å². The van der Waals surface area contributed by atoms with Crippen molar-refractivity contribution in [2.24, 2.45) is 0 Å². The molecule has 1 fully saturated rings. The number of halogens is 1. The number of hydrogen-bond donors (Lipinski definition) is 0. The van der Waals surface area contributed by atoms with Gasteiger partial charge in [-0.3, -0.25) is 0 Å². The largest absolute Gasteiger partial charge is 0.252 e. The summed E-state index contributed by atoms with van der Waals surface area (Å²) in [6, 6.07) is 1.81. The van der Waals surface area contributed by atoms with Gasteiger partial charge in [-0.15, -0.1) is 11.3 Å². The Kier molecular flexibility index (Phi) is 3.21. The molecule has 1 aromatic rings. The van der Waals surface area contributed by atoms with Crippen LogP contribution in [-0.2, 0) is 10.0 Å². The SMILES string of the molecule is CC1CCCN1S(=O)(=O)c1cc(Br)cs1. The van der Waals surface area contributed by atoms with Crippen LogP contribution in [0.4, 0.5) is 0 Å². The maximum atomic E-state index is 12.2. The van der Waals surface area contributed by atoms with Crippen molar-refractivity contribution in [1.82, 2.24) is 4.31 Å². The average Bonchev–Trinajstić information content (AvgIpc) is 2.74. The van der Waals surface area contributed by atoms with E-state index in [1.54, 1.807) is 15.8 Å². The third kappa shape index (κ3) is 2.13. The highest BCUT2D eigenvalue weighted by Gasteiger charge is 2.33. The lowest BCUT2D eigenvalue weighted by Crippen LogP contribution is -2.33. The summed E-state index contributed by atoms with van der Waals surface area (Å²) < 4.78 is 27.2. The van der Waals surface area contributed by atoms with Crippen LogP contribution >= 0.6 is 27.3 Å². The van der Waals surface area contributed by atoms with E-state index in [1.807, 2.05) is 6.92 Å². The Morgan fingerprint density at radius 2 is 2.33 bits per heavy atom. The first kappa shape index (κ1) is 11.6. The first-order chi connectivity index (χ1) is 7.01. The second kappa shape index (κ2) is 4.16. The molecule has 1 aliphatic rings. The van der Waals surface area contributed by atoms with E-state index in [4.69, 9.17) is 0 Å². The topological polar surface area (TPSA) is 37.4 Å². The summed E-state index contributed by atoms with van der Waals surface area (Å²) in [7, 11) is -3.25. The van der Waals surface area contributed by atoms with Gasteiger partial charge in [-0.05, 0) is 41.8 Å². The second-order valence-electron chi connectivity index (χ2n) is 3.69. The van der Waals surface area contributed by atoms with Crippen molar-refractivity contribution >= 4 is 37.3 Å². The van der Waals surface area contributed by atoms with Gasteiger partial charge < -0.3 is 0 Å². The minimum Gasteiger partial charge on any atom is -0.206 e. The van der Waals surface area contributed by atoms with E-state index in [9.17, 15) is 8.42 Å². The first-order valence-electron chi connectivity index (χ1n) is 4.77. The van der Waals surface area contributed by atoms with Crippen LogP contribution in [-0.4, -0.2) is 25.3 Å². The Morgan fingerprint density at radius 3 is 2.80 bits per heavy atom. The van der Waals surface area contributed by atoms with Crippen molar-refractivity contribution in [3.05, 3.63) is 15.9 Å². The van der Waals surface area contributed by atoms with E-state index in [0.717, 1.165) is 17.3 Å². The fourth-order valence-corrected chi connectivity index (χ4v) is 5.49. The van der Waals surface area contributed by atoms with Gasteiger partial charge in [-0.1, -0.05) is 0 Å². The molecule has 0 aromatic carbocycles. The van der Waals surface area contributed by atoms with E-state index in [2.05, 4.69) is 15.9 Å². The van der Waals surface area contributed by atoms with Crippen LogP contribution in [0.1, 0.15) is 19.8 Å². The number of rotatable bonds is 2. The van der Waals surface area contributed by atoms with Gasteiger partial charge in [0.1, 0.15) is 4.21 Å². The van der Waals surface area contributed by atoms with Crippen molar-refractivity contribution in [2.75, 3.05) is 6.54 Å². The molecular weight excluding hydrogens is 298 g/mol. The van der Waals surface area contributed by atoms with Crippen LogP contribution in [0.15, 0.2) is 20.1 Å². The highest BCUT2D eigenvalue weighted by Crippen LogP contribution is 2.30. The molecule has 1 unspecified atom stereocenters. The van der Waals surface area contributed by atoms with Crippen LogP contribution < -0.4 is 0 Å². The summed E-state index contributed by atoms with van der Waals surface area (Å²) >= 11 is 4.54. The fourth-order valence-electron chi connectivity index (χ4n) is 1.81. The minimum absolute atomic E-state index is 0.135. The molecular formula is C9H12BrNO2S2. The van der Waals surface area contributed by atoms with Crippen molar-refractivity contribution in [1.29, 1.82) is 0 Å². The van der Waals surface area contributed by atoms with Gasteiger partial charge in [0.15, 0.2) is 0 Å². The summed E-state index contributed by atoms with van der Waals surface area (Å²) in [5, 5.41) is 1.80. The lowest BCUT2D eigenvalue weighted by Gasteiger charge is -2.19. The van der Waals surface area contributed by atoms with Gasteiger partial charge >= 0.3 is 0 Å². The smallest absolute Gasteiger partial charge is 0.206 e. The predicted molar refractivity (Wildman–Crippen MR) is 64.6 cm³/mol. The summed E-state index contributed by atoms with van der Waals surface area (Å²) in [4.78, 5) is 0. The number of hydrogen-bond acceptors (Lipinski definition) is 3. The Hall–Kier alpha value is 0.0900. The summed E-state index contributed by atoms with van der Waals surface area (Å²) in [6.45, 7) is 2.62. The first-order valence-corrected chi connectivity index (χ1v) is 7.89. The molecule has 1 aromatic heterocycles. The molecule has 1 saturated heterocycles. The molecule has 15 heavy (non-hydrogen) atoms. The van der Waals surface area contributed by atoms with Gasteiger partial charge in [0.05, 0.1) is 0 Å². The van der Waals surface area contributed by atoms with Gasteiger partial charge in [0.2, 0.25) is 0 Å². The maximum absolute atomic E-state index is 12.2. The van der Waals surface area contributed by atoms with Gasteiger partial charge in [0, 0.05) is 22.4 Å². The third-order valence-corrected chi connectivity index (χ3v) is 6.79.